The third-order valence-electron chi connectivity index (χ3n) is 9.34. The van der Waals surface area contributed by atoms with Gasteiger partial charge in [0, 0.05) is 23.7 Å². The van der Waals surface area contributed by atoms with Crippen LogP contribution in [0.1, 0.15) is 35.1 Å². The lowest BCUT2D eigenvalue weighted by Crippen LogP contribution is -2.21. The van der Waals surface area contributed by atoms with Crippen LogP contribution in [-0.2, 0) is 28.9 Å². The number of carbonyl (C=O) groups is 2. The first-order valence-corrected chi connectivity index (χ1v) is 15.9. The molecule has 4 nitrogen and oxygen atoms in total. The second-order valence-electron chi connectivity index (χ2n) is 12.1. The highest BCUT2D eigenvalue weighted by Crippen LogP contribution is 2.39. The highest BCUT2D eigenvalue weighted by Gasteiger charge is 2.26. The molecule has 8 rings (SSSR count). The maximum Gasteiger partial charge on any atom is 0.244 e. The monoisotopic (exact) mass is 596 g/mol. The zero-order valence-corrected chi connectivity index (χ0v) is 25.4. The summed E-state index contributed by atoms with van der Waals surface area (Å²) in [6.07, 6.45) is 12.1. The van der Waals surface area contributed by atoms with Crippen molar-refractivity contribution < 1.29 is 9.59 Å². The van der Waals surface area contributed by atoms with E-state index in [0.29, 0.717) is 24.0 Å². The number of aldehydes is 1. The first-order valence-electron chi connectivity index (χ1n) is 15.9. The normalized spacial score (nSPS) is 14.6. The number of ketones is 1. The molecular weight excluding hydrogens is 564 g/mol. The van der Waals surface area contributed by atoms with E-state index >= 15 is 0 Å². The van der Waals surface area contributed by atoms with E-state index in [0.717, 1.165) is 47.3 Å². The van der Waals surface area contributed by atoms with Gasteiger partial charge in [0.25, 0.3) is 0 Å². The van der Waals surface area contributed by atoms with E-state index in [4.69, 9.17) is 4.99 Å². The van der Waals surface area contributed by atoms with Crippen LogP contribution in [0.5, 0.6) is 0 Å². The summed E-state index contributed by atoms with van der Waals surface area (Å²) >= 11 is 0. The molecule has 222 valence electrons. The van der Waals surface area contributed by atoms with Crippen molar-refractivity contribution in [2.45, 2.75) is 32.1 Å². The zero-order valence-electron chi connectivity index (χ0n) is 25.4. The van der Waals surface area contributed by atoms with Crippen molar-refractivity contribution in [3.63, 3.8) is 0 Å². The largest absolute Gasteiger partial charge is 0.314 e. The fourth-order valence-electron chi connectivity index (χ4n) is 7.26. The minimum absolute atomic E-state index is 0.162. The van der Waals surface area contributed by atoms with E-state index in [1.807, 2.05) is 66.9 Å². The minimum atomic E-state index is -0.633. The van der Waals surface area contributed by atoms with Crippen molar-refractivity contribution in [3.05, 3.63) is 164 Å². The van der Waals surface area contributed by atoms with Gasteiger partial charge in [-0.25, -0.2) is 4.99 Å². The van der Waals surface area contributed by atoms with E-state index in [1.165, 1.54) is 38.4 Å². The number of carbonyl (C=O) groups excluding carboxylic acids is 2. The molecule has 0 saturated carbocycles. The Hall–Kier alpha value is -5.61. The van der Waals surface area contributed by atoms with E-state index in [-0.39, 0.29) is 5.71 Å². The number of benzene rings is 5. The molecule has 0 unspecified atom stereocenters. The van der Waals surface area contributed by atoms with Gasteiger partial charge in [0.2, 0.25) is 5.78 Å². The molecule has 0 atom stereocenters. The summed E-state index contributed by atoms with van der Waals surface area (Å²) in [5.74, 6) is -0.633. The van der Waals surface area contributed by atoms with Crippen LogP contribution in [-0.4, -0.2) is 17.8 Å². The van der Waals surface area contributed by atoms with Crippen molar-refractivity contribution in [1.29, 1.82) is 0 Å². The van der Waals surface area contributed by atoms with Gasteiger partial charge in [0.05, 0.1) is 17.1 Å². The third kappa shape index (κ3) is 4.83. The number of fused-ring (bicyclic) bond motifs is 5. The van der Waals surface area contributed by atoms with E-state index in [2.05, 4.69) is 65.6 Å². The fourth-order valence-corrected chi connectivity index (χ4v) is 7.26. The first-order chi connectivity index (χ1) is 22.7. The SMILES string of the molecule is O=CC(=O)C1=NC(Cc2ccccc2)=CN(c2ccccc2-c2cccc3c2=CCc2c4c(ccc2=3)=CCCC4)c2ccccc21. The molecule has 5 aromatic carbocycles. The Morgan fingerprint density at radius 1 is 0.717 bits per heavy atom. The zero-order chi connectivity index (χ0) is 31.0. The van der Waals surface area contributed by atoms with Crippen molar-refractivity contribution in [2.75, 3.05) is 4.90 Å². The van der Waals surface area contributed by atoms with Crippen LogP contribution >= 0.6 is 0 Å². The number of aliphatic imine (C=N–C) groups is 1. The van der Waals surface area contributed by atoms with E-state index < -0.39 is 5.78 Å². The van der Waals surface area contributed by atoms with Gasteiger partial charge in [-0.05, 0) is 80.9 Å². The summed E-state index contributed by atoms with van der Waals surface area (Å²) in [7, 11) is 0. The first kappa shape index (κ1) is 27.9. The molecule has 46 heavy (non-hydrogen) atoms. The van der Waals surface area contributed by atoms with Gasteiger partial charge in [0.1, 0.15) is 5.71 Å². The highest BCUT2D eigenvalue weighted by molar-refractivity contribution is 6.64. The molecule has 2 aliphatic carbocycles. The van der Waals surface area contributed by atoms with Crippen LogP contribution in [0.3, 0.4) is 0 Å². The van der Waals surface area contributed by atoms with Crippen molar-refractivity contribution >= 4 is 41.3 Å². The van der Waals surface area contributed by atoms with Crippen LogP contribution in [0.15, 0.2) is 126 Å². The maximum atomic E-state index is 13.0. The smallest absolute Gasteiger partial charge is 0.244 e. The molecule has 0 bridgehead atoms. The van der Waals surface area contributed by atoms with Gasteiger partial charge in [-0.15, -0.1) is 0 Å². The molecule has 0 N–H and O–H groups in total. The standard InChI is InChI=1S/C42H32N2O2/c45-27-41(46)42-38-16-7-9-20-40(38)44(26-30(43-42)25-28-11-2-1-3-12-28)39-19-8-6-15-37(39)33-18-10-17-32-35-22-21-29-13-4-5-14-31(29)34(35)23-24-36(32)33/h1-3,6-13,15-22,24,26-27H,4-5,14,23,25H2. The van der Waals surface area contributed by atoms with Gasteiger partial charge in [-0.3, -0.25) is 9.59 Å². The number of hydrogen-bond donors (Lipinski definition) is 0. The average molecular weight is 597 g/mol. The lowest BCUT2D eigenvalue weighted by atomic mass is 9.87. The summed E-state index contributed by atoms with van der Waals surface area (Å²) in [6, 6.07) is 37.4. The van der Waals surface area contributed by atoms with Crippen molar-refractivity contribution in [3.8, 4) is 11.1 Å². The second kappa shape index (κ2) is 11.7. The molecule has 0 aromatic heterocycles. The molecule has 0 radical (unpaired) electrons. The van der Waals surface area contributed by atoms with Gasteiger partial charge in [-0.2, -0.15) is 0 Å². The topological polar surface area (TPSA) is 49.7 Å². The summed E-state index contributed by atoms with van der Waals surface area (Å²) in [5.41, 5.74) is 9.55. The third-order valence-corrected chi connectivity index (χ3v) is 9.34. The Kier molecular flexibility index (Phi) is 7.11. The molecule has 1 heterocycles. The van der Waals surface area contributed by atoms with Crippen LogP contribution in [0.25, 0.3) is 23.3 Å². The molecule has 0 amide bonds. The summed E-state index contributed by atoms with van der Waals surface area (Å²) in [4.78, 5) is 31.8. The highest BCUT2D eigenvalue weighted by atomic mass is 16.2. The lowest BCUT2D eigenvalue weighted by Gasteiger charge is -2.26. The number of rotatable bonds is 6. The van der Waals surface area contributed by atoms with Gasteiger partial charge >= 0.3 is 0 Å². The lowest BCUT2D eigenvalue weighted by molar-refractivity contribution is -0.125. The predicted octanol–water partition coefficient (Wildman–Crippen LogP) is 6.89. The molecule has 1 aliphatic heterocycles. The number of hydrogen-bond acceptors (Lipinski definition) is 4. The van der Waals surface area contributed by atoms with Crippen LogP contribution in [0.4, 0.5) is 11.4 Å². The number of anilines is 2. The van der Waals surface area contributed by atoms with Gasteiger partial charge < -0.3 is 4.90 Å². The van der Waals surface area contributed by atoms with Crippen LogP contribution < -0.4 is 15.3 Å². The molecule has 3 aliphatic rings. The minimum Gasteiger partial charge on any atom is -0.314 e. The van der Waals surface area contributed by atoms with E-state index in [9.17, 15) is 9.59 Å². The second-order valence-corrected chi connectivity index (χ2v) is 12.1. The Bertz CT molecular complexity index is 2330. The summed E-state index contributed by atoms with van der Waals surface area (Å²) in [6.45, 7) is 0. The molecular formula is C42H32N2O2. The number of para-hydroxylation sites is 2. The molecule has 0 saturated heterocycles. The molecule has 0 spiro atoms. The molecule has 4 heteroatoms. The number of allylic oxidation sites excluding steroid dienone is 1. The molecule has 0 fully saturated rings. The van der Waals surface area contributed by atoms with Gasteiger partial charge in [-0.1, -0.05) is 109 Å². The average Bonchev–Trinajstić information content (AvgIpc) is 3.28. The van der Waals surface area contributed by atoms with Crippen molar-refractivity contribution in [1.82, 2.24) is 0 Å². The van der Waals surface area contributed by atoms with Crippen LogP contribution in [0.2, 0.25) is 0 Å². The Labute approximate surface area is 267 Å². The Balaban J connectivity index is 1.35. The number of nitrogens with zero attached hydrogens (tertiary/aromatic N) is 2. The molecule has 5 aromatic rings. The predicted molar refractivity (Wildman–Crippen MR) is 185 cm³/mol. The number of Topliss-reactive ketones (excluding diaryl/α,β-unsaturated/α-hetero) is 1. The van der Waals surface area contributed by atoms with Crippen LogP contribution in [0, 0.1) is 10.4 Å². The van der Waals surface area contributed by atoms with Gasteiger partial charge in [0.15, 0.2) is 6.29 Å². The van der Waals surface area contributed by atoms with Crippen molar-refractivity contribution in [2.24, 2.45) is 4.99 Å². The Morgan fingerprint density at radius 2 is 1.46 bits per heavy atom. The quantitative estimate of drug-likeness (QED) is 0.159. The fraction of sp³-hybridized carbons (Fsp3) is 0.119. The van der Waals surface area contributed by atoms with E-state index in [1.54, 1.807) is 0 Å². The maximum absolute atomic E-state index is 13.0. The summed E-state index contributed by atoms with van der Waals surface area (Å²) in [5, 5.41) is 5.24. The Morgan fingerprint density at radius 3 is 2.28 bits per heavy atom. The summed E-state index contributed by atoms with van der Waals surface area (Å²) < 4.78 is 0.